The van der Waals surface area contributed by atoms with Gasteiger partial charge in [-0.3, -0.25) is 0 Å². The van der Waals surface area contributed by atoms with Crippen molar-refractivity contribution in [3.8, 4) is 11.5 Å². The Bertz CT molecular complexity index is 341. The van der Waals surface area contributed by atoms with Crippen LogP contribution >= 0.6 is 0 Å². The largest absolute Gasteiger partial charge is 0.494 e. The minimum Gasteiger partial charge on any atom is -0.494 e. The van der Waals surface area contributed by atoms with Gasteiger partial charge in [0, 0.05) is 0 Å². The Kier molecular flexibility index (Phi) is 3.89. The molecule has 1 saturated heterocycles. The first-order valence-electron chi connectivity index (χ1n) is 6.21. The van der Waals surface area contributed by atoms with Gasteiger partial charge in [-0.1, -0.05) is 13.3 Å². The zero-order valence-electron chi connectivity index (χ0n) is 10.6. The normalized spacial score (nSPS) is 22.2. The topological polar surface area (TPSA) is 31.0 Å². The summed E-state index contributed by atoms with van der Waals surface area (Å²) < 4.78 is 16.5. The van der Waals surface area contributed by atoms with Crippen molar-refractivity contribution in [2.45, 2.75) is 32.3 Å². The zero-order chi connectivity index (χ0) is 12.1. The summed E-state index contributed by atoms with van der Waals surface area (Å²) in [6.07, 6.45) is 2.24. The quantitative estimate of drug-likeness (QED) is 0.538. The lowest BCUT2D eigenvalue weighted by atomic mass is 10.2. The summed E-state index contributed by atoms with van der Waals surface area (Å²) in [4.78, 5) is 0. The van der Waals surface area contributed by atoms with Crippen molar-refractivity contribution >= 4 is 0 Å². The average Bonchev–Trinajstić information content (AvgIpc) is 3.07. The molecular formula is C14H20O3. The van der Waals surface area contributed by atoms with Crippen LogP contribution < -0.4 is 9.47 Å². The van der Waals surface area contributed by atoms with Crippen molar-refractivity contribution in [3.63, 3.8) is 0 Å². The molecule has 1 aliphatic rings. The first-order valence-corrected chi connectivity index (χ1v) is 6.21. The van der Waals surface area contributed by atoms with Crippen LogP contribution in [-0.2, 0) is 4.74 Å². The second kappa shape index (κ2) is 5.41. The molecule has 1 fully saturated rings. The SMILES string of the molecule is CCCCOc1ccc(OCC2(C)CO2)cc1. The number of benzene rings is 1. The summed E-state index contributed by atoms with van der Waals surface area (Å²) in [7, 11) is 0. The van der Waals surface area contributed by atoms with Crippen molar-refractivity contribution in [2.24, 2.45) is 0 Å². The van der Waals surface area contributed by atoms with E-state index in [1.54, 1.807) is 0 Å². The smallest absolute Gasteiger partial charge is 0.123 e. The number of unbranched alkanes of at least 4 members (excludes halogenated alkanes) is 1. The number of rotatable bonds is 7. The Morgan fingerprint density at radius 1 is 1.18 bits per heavy atom. The molecule has 17 heavy (non-hydrogen) atoms. The lowest BCUT2D eigenvalue weighted by Crippen LogP contribution is -2.16. The molecule has 0 radical (unpaired) electrons. The first-order chi connectivity index (χ1) is 8.22. The highest BCUT2D eigenvalue weighted by Crippen LogP contribution is 2.27. The van der Waals surface area contributed by atoms with Gasteiger partial charge in [0.2, 0.25) is 0 Å². The molecule has 1 aromatic carbocycles. The fraction of sp³-hybridized carbons (Fsp3) is 0.571. The van der Waals surface area contributed by atoms with Crippen molar-refractivity contribution < 1.29 is 14.2 Å². The molecule has 0 spiro atoms. The van der Waals surface area contributed by atoms with E-state index in [4.69, 9.17) is 14.2 Å². The van der Waals surface area contributed by atoms with Gasteiger partial charge in [0.25, 0.3) is 0 Å². The molecule has 2 rings (SSSR count). The van der Waals surface area contributed by atoms with E-state index in [1.807, 2.05) is 24.3 Å². The fourth-order valence-electron chi connectivity index (χ4n) is 1.41. The third-order valence-electron chi connectivity index (χ3n) is 2.77. The van der Waals surface area contributed by atoms with Gasteiger partial charge in [-0.05, 0) is 37.6 Å². The van der Waals surface area contributed by atoms with Crippen LogP contribution in [0.1, 0.15) is 26.7 Å². The molecule has 0 amide bonds. The van der Waals surface area contributed by atoms with E-state index in [0.29, 0.717) is 6.61 Å². The van der Waals surface area contributed by atoms with Crippen LogP contribution in [0.15, 0.2) is 24.3 Å². The number of hydrogen-bond acceptors (Lipinski definition) is 3. The van der Waals surface area contributed by atoms with Gasteiger partial charge in [0.1, 0.15) is 23.7 Å². The molecule has 3 heteroatoms. The second-order valence-corrected chi connectivity index (χ2v) is 4.70. The Labute approximate surface area is 103 Å². The van der Waals surface area contributed by atoms with Gasteiger partial charge in [-0.2, -0.15) is 0 Å². The highest BCUT2D eigenvalue weighted by molar-refractivity contribution is 5.31. The summed E-state index contributed by atoms with van der Waals surface area (Å²) in [6, 6.07) is 7.77. The predicted molar refractivity (Wildman–Crippen MR) is 66.7 cm³/mol. The van der Waals surface area contributed by atoms with E-state index in [9.17, 15) is 0 Å². The first kappa shape index (κ1) is 12.2. The highest BCUT2D eigenvalue weighted by atomic mass is 16.6. The van der Waals surface area contributed by atoms with Gasteiger partial charge >= 0.3 is 0 Å². The number of ether oxygens (including phenoxy) is 3. The van der Waals surface area contributed by atoms with Gasteiger partial charge in [-0.25, -0.2) is 0 Å². The molecule has 1 unspecified atom stereocenters. The third kappa shape index (κ3) is 3.93. The van der Waals surface area contributed by atoms with Gasteiger partial charge < -0.3 is 14.2 Å². The molecule has 94 valence electrons. The van der Waals surface area contributed by atoms with E-state index in [0.717, 1.165) is 37.6 Å². The molecule has 0 aliphatic carbocycles. The van der Waals surface area contributed by atoms with Crippen LogP contribution in [0.4, 0.5) is 0 Å². The standard InChI is InChI=1S/C14H20O3/c1-3-4-9-15-12-5-7-13(8-6-12)16-10-14(2)11-17-14/h5-8H,3-4,9-11H2,1-2H3. The van der Waals surface area contributed by atoms with Crippen LogP contribution in [0, 0.1) is 0 Å². The molecule has 0 bridgehead atoms. The molecule has 3 nitrogen and oxygen atoms in total. The highest BCUT2D eigenvalue weighted by Gasteiger charge is 2.40. The maximum Gasteiger partial charge on any atom is 0.123 e. The molecular weight excluding hydrogens is 216 g/mol. The molecule has 0 N–H and O–H groups in total. The lowest BCUT2D eigenvalue weighted by molar-refractivity contribution is 0.202. The van der Waals surface area contributed by atoms with Gasteiger partial charge in [0.05, 0.1) is 13.2 Å². The minimum atomic E-state index is -0.0592. The Morgan fingerprint density at radius 2 is 1.76 bits per heavy atom. The summed E-state index contributed by atoms with van der Waals surface area (Å²) in [5.74, 6) is 1.77. The van der Waals surface area contributed by atoms with Crippen molar-refractivity contribution in [1.82, 2.24) is 0 Å². The Hall–Kier alpha value is -1.22. The molecule has 1 atom stereocenters. The van der Waals surface area contributed by atoms with Crippen LogP contribution in [0.2, 0.25) is 0 Å². The summed E-state index contributed by atoms with van der Waals surface area (Å²) in [5.41, 5.74) is -0.0592. The molecule has 0 saturated carbocycles. The van der Waals surface area contributed by atoms with Crippen LogP contribution in [-0.4, -0.2) is 25.4 Å². The van der Waals surface area contributed by atoms with Crippen LogP contribution in [0.3, 0.4) is 0 Å². The summed E-state index contributed by atoms with van der Waals surface area (Å²) >= 11 is 0. The van der Waals surface area contributed by atoms with Crippen LogP contribution in [0.5, 0.6) is 11.5 Å². The lowest BCUT2D eigenvalue weighted by Gasteiger charge is -2.10. The third-order valence-corrected chi connectivity index (χ3v) is 2.77. The summed E-state index contributed by atoms with van der Waals surface area (Å²) in [5, 5.41) is 0. The van der Waals surface area contributed by atoms with Crippen molar-refractivity contribution in [2.75, 3.05) is 19.8 Å². The molecule has 1 heterocycles. The predicted octanol–water partition coefficient (Wildman–Crippen LogP) is 3.03. The van der Waals surface area contributed by atoms with Crippen LogP contribution in [0.25, 0.3) is 0 Å². The average molecular weight is 236 g/mol. The van der Waals surface area contributed by atoms with E-state index in [-0.39, 0.29) is 5.60 Å². The fourth-order valence-corrected chi connectivity index (χ4v) is 1.41. The van der Waals surface area contributed by atoms with Gasteiger partial charge in [-0.15, -0.1) is 0 Å². The zero-order valence-corrected chi connectivity index (χ0v) is 10.6. The monoisotopic (exact) mass is 236 g/mol. The maximum absolute atomic E-state index is 5.63. The molecule has 1 aliphatic heterocycles. The number of hydrogen-bond donors (Lipinski definition) is 0. The van der Waals surface area contributed by atoms with E-state index in [2.05, 4.69) is 13.8 Å². The minimum absolute atomic E-state index is 0.0592. The Balaban J connectivity index is 1.76. The molecule has 1 aromatic rings. The van der Waals surface area contributed by atoms with E-state index < -0.39 is 0 Å². The van der Waals surface area contributed by atoms with Gasteiger partial charge in [0.15, 0.2) is 0 Å². The van der Waals surface area contributed by atoms with E-state index >= 15 is 0 Å². The van der Waals surface area contributed by atoms with Crippen molar-refractivity contribution in [1.29, 1.82) is 0 Å². The maximum atomic E-state index is 5.63. The summed E-state index contributed by atoms with van der Waals surface area (Å²) in [6.45, 7) is 6.40. The number of epoxide rings is 1. The second-order valence-electron chi connectivity index (χ2n) is 4.70. The Morgan fingerprint density at radius 3 is 2.29 bits per heavy atom. The van der Waals surface area contributed by atoms with E-state index in [1.165, 1.54) is 0 Å². The van der Waals surface area contributed by atoms with Crippen molar-refractivity contribution in [3.05, 3.63) is 24.3 Å². The molecule has 0 aromatic heterocycles.